The molecule has 0 atom stereocenters. The van der Waals surface area contributed by atoms with E-state index >= 15 is 0 Å². The van der Waals surface area contributed by atoms with Crippen LogP contribution >= 0.6 is 0 Å². The number of ether oxygens (including phenoxy) is 1. The lowest BCUT2D eigenvalue weighted by molar-refractivity contribution is -0.385. The summed E-state index contributed by atoms with van der Waals surface area (Å²) >= 11 is 0. The molecule has 0 bridgehead atoms. The quantitative estimate of drug-likeness (QED) is 0.617. The summed E-state index contributed by atoms with van der Waals surface area (Å²) < 4.78 is 5.51. The number of nitrogens with zero attached hydrogens (tertiary/aromatic N) is 1. The van der Waals surface area contributed by atoms with Crippen LogP contribution < -0.4 is 9.84 Å². The maximum Gasteiger partial charge on any atom is 0.272 e. The van der Waals surface area contributed by atoms with Crippen molar-refractivity contribution < 1.29 is 19.6 Å². The second-order valence-electron chi connectivity index (χ2n) is 4.48. The lowest BCUT2D eigenvalue weighted by Gasteiger charge is -2.09. The fourth-order valence-corrected chi connectivity index (χ4v) is 1.88. The van der Waals surface area contributed by atoms with Gasteiger partial charge in [0, 0.05) is 11.6 Å². The first-order chi connectivity index (χ1) is 9.97. The number of aromatic carboxylic acids is 1. The SMILES string of the molecule is Cc1cc(OCc2cccc(C(=O)[O-])c2)ccc1[N+](=O)[O-]. The molecule has 21 heavy (non-hydrogen) atoms. The van der Waals surface area contributed by atoms with Gasteiger partial charge in [0.25, 0.3) is 5.69 Å². The zero-order valence-electron chi connectivity index (χ0n) is 11.2. The molecule has 2 aromatic carbocycles. The van der Waals surface area contributed by atoms with Gasteiger partial charge in [0.15, 0.2) is 0 Å². The molecule has 2 rings (SSSR count). The summed E-state index contributed by atoms with van der Waals surface area (Å²) in [6.45, 7) is 1.79. The molecule has 0 aliphatic carbocycles. The highest BCUT2D eigenvalue weighted by molar-refractivity contribution is 5.85. The van der Waals surface area contributed by atoms with Gasteiger partial charge >= 0.3 is 0 Å². The fourth-order valence-electron chi connectivity index (χ4n) is 1.88. The molecule has 0 N–H and O–H groups in total. The number of rotatable bonds is 5. The lowest BCUT2D eigenvalue weighted by Crippen LogP contribution is -2.22. The lowest BCUT2D eigenvalue weighted by atomic mass is 10.1. The van der Waals surface area contributed by atoms with Crippen LogP contribution in [-0.4, -0.2) is 10.9 Å². The van der Waals surface area contributed by atoms with Crippen LogP contribution in [0.4, 0.5) is 5.69 Å². The van der Waals surface area contributed by atoms with Gasteiger partial charge in [0.05, 0.1) is 10.9 Å². The molecule has 0 aliphatic heterocycles. The number of hydrogen-bond donors (Lipinski definition) is 0. The van der Waals surface area contributed by atoms with Crippen molar-refractivity contribution in [1.29, 1.82) is 0 Å². The van der Waals surface area contributed by atoms with Crippen molar-refractivity contribution in [2.45, 2.75) is 13.5 Å². The Morgan fingerprint density at radius 1 is 1.24 bits per heavy atom. The first-order valence-corrected chi connectivity index (χ1v) is 6.15. The second-order valence-corrected chi connectivity index (χ2v) is 4.48. The van der Waals surface area contributed by atoms with Crippen molar-refractivity contribution in [3.8, 4) is 5.75 Å². The maximum atomic E-state index is 10.8. The average Bonchev–Trinajstić information content (AvgIpc) is 2.45. The number of carbonyl (C=O) groups excluding carboxylic acids is 1. The second kappa shape index (κ2) is 6.04. The summed E-state index contributed by atoms with van der Waals surface area (Å²) in [7, 11) is 0. The highest BCUT2D eigenvalue weighted by Gasteiger charge is 2.10. The molecule has 0 aromatic heterocycles. The molecule has 0 heterocycles. The number of carboxylic acid groups (broad SMARTS) is 1. The molecule has 0 fully saturated rings. The Morgan fingerprint density at radius 2 is 2.00 bits per heavy atom. The highest BCUT2D eigenvalue weighted by atomic mass is 16.6. The van der Waals surface area contributed by atoms with E-state index in [2.05, 4.69) is 0 Å². The largest absolute Gasteiger partial charge is 0.545 e. The van der Waals surface area contributed by atoms with Gasteiger partial charge in [0.1, 0.15) is 12.4 Å². The molecule has 0 saturated heterocycles. The third-order valence-electron chi connectivity index (χ3n) is 2.93. The minimum atomic E-state index is -1.25. The summed E-state index contributed by atoms with van der Waals surface area (Å²) in [6.07, 6.45) is 0. The average molecular weight is 286 g/mol. The third kappa shape index (κ3) is 3.56. The summed E-state index contributed by atoms with van der Waals surface area (Å²) in [5.41, 5.74) is 1.28. The molecule has 2 aromatic rings. The summed E-state index contributed by atoms with van der Waals surface area (Å²) in [5, 5.41) is 21.5. The Morgan fingerprint density at radius 3 is 2.62 bits per heavy atom. The van der Waals surface area contributed by atoms with Crippen molar-refractivity contribution in [2.75, 3.05) is 0 Å². The minimum Gasteiger partial charge on any atom is -0.545 e. The molecule has 0 radical (unpaired) electrons. The van der Waals surface area contributed by atoms with Gasteiger partial charge in [-0.25, -0.2) is 0 Å². The minimum absolute atomic E-state index is 0.0290. The fraction of sp³-hybridized carbons (Fsp3) is 0.133. The van der Waals surface area contributed by atoms with Gasteiger partial charge in [-0.15, -0.1) is 0 Å². The summed E-state index contributed by atoms with van der Waals surface area (Å²) in [6, 6.07) is 10.7. The monoisotopic (exact) mass is 286 g/mol. The van der Waals surface area contributed by atoms with E-state index < -0.39 is 10.9 Å². The van der Waals surface area contributed by atoms with Crippen LogP contribution in [0.2, 0.25) is 0 Å². The van der Waals surface area contributed by atoms with Crippen LogP contribution in [0, 0.1) is 17.0 Å². The molecule has 0 spiro atoms. The maximum absolute atomic E-state index is 10.8. The van der Waals surface area contributed by atoms with Crippen LogP contribution in [0.1, 0.15) is 21.5 Å². The van der Waals surface area contributed by atoms with Crippen molar-refractivity contribution in [3.63, 3.8) is 0 Å². The molecule has 0 unspecified atom stereocenters. The van der Waals surface area contributed by atoms with Gasteiger partial charge in [-0.3, -0.25) is 10.1 Å². The first kappa shape index (κ1) is 14.5. The Kier molecular flexibility index (Phi) is 4.18. The Labute approximate surface area is 120 Å². The van der Waals surface area contributed by atoms with E-state index in [1.807, 2.05) is 0 Å². The van der Waals surface area contributed by atoms with E-state index in [9.17, 15) is 20.0 Å². The smallest absolute Gasteiger partial charge is 0.272 e. The highest BCUT2D eigenvalue weighted by Crippen LogP contribution is 2.23. The van der Waals surface area contributed by atoms with Crippen molar-refractivity contribution in [1.82, 2.24) is 0 Å². The topological polar surface area (TPSA) is 92.5 Å². The predicted octanol–water partition coefficient (Wildman–Crippen LogP) is 1.85. The molecular weight excluding hydrogens is 274 g/mol. The normalized spacial score (nSPS) is 10.1. The van der Waals surface area contributed by atoms with Crippen LogP contribution in [0.3, 0.4) is 0 Å². The van der Waals surface area contributed by atoms with Crippen LogP contribution in [0.15, 0.2) is 42.5 Å². The number of nitro groups is 1. The van der Waals surface area contributed by atoms with Crippen molar-refractivity contribution in [2.24, 2.45) is 0 Å². The van der Waals surface area contributed by atoms with Gasteiger partial charge in [-0.1, -0.05) is 18.2 Å². The van der Waals surface area contributed by atoms with Gasteiger partial charge in [0.2, 0.25) is 0 Å². The van der Waals surface area contributed by atoms with Crippen molar-refractivity contribution in [3.05, 3.63) is 69.3 Å². The Balaban J connectivity index is 2.10. The zero-order valence-corrected chi connectivity index (χ0v) is 11.2. The van der Waals surface area contributed by atoms with E-state index in [0.717, 1.165) is 0 Å². The van der Waals surface area contributed by atoms with Gasteiger partial charge in [-0.2, -0.15) is 0 Å². The van der Waals surface area contributed by atoms with Crippen molar-refractivity contribution >= 4 is 11.7 Å². The number of benzene rings is 2. The van der Waals surface area contributed by atoms with E-state index in [1.165, 1.54) is 24.3 Å². The Bertz CT molecular complexity index is 696. The molecule has 0 aliphatic rings. The number of nitro benzene ring substituents is 1. The van der Waals surface area contributed by atoms with Crippen LogP contribution in [-0.2, 0) is 6.61 Å². The molecular formula is C15H12NO5-. The molecule has 108 valence electrons. The number of aryl methyl sites for hydroxylation is 1. The molecule has 0 amide bonds. The number of carbonyl (C=O) groups is 1. The van der Waals surface area contributed by atoms with E-state index in [4.69, 9.17) is 4.74 Å². The molecule has 6 nitrogen and oxygen atoms in total. The number of hydrogen-bond acceptors (Lipinski definition) is 5. The van der Waals surface area contributed by atoms with E-state index in [0.29, 0.717) is 16.9 Å². The first-order valence-electron chi connectivity index (χ1n) is 6.15. The third-order valence-corrected chi connectivity index (χ3v) is 2.93. The van der Waals surface area contributed by atoms with E-state index in [1.54, 1.807) is 25.1 Å². The Hall–Kier alpha value is -2.89. The van der Waals surface area contributed by atoms with Crippen LogP contribution in [0.5, 0.6) is 5.75 Å². The van der Waals surface area contributed by atoms with E-state index in [-0.39, 0.29) is 17.9 Å². The predicted molar refractivity (Wildman–Crippen MR) is 72.9 cm³/mol. The molecule has 6 heteroatoms. The summed E-state index contributed by atoms with van der Waals surface area (Å²) in [4.78, 5) is 21.0. The molecule has 0 saturated carbocycles. The standard InChI is InChI=1S/C15H13NO5/c1-10-7-13(5-6-14(10)16(19)20)21-9-11-3-2-4-12(8-11)15(17)18/h2-8H,9H2,1H3,(H,17,18)/p-1. The zero-order chi connectivity index (χ0) is 15.4. The van der Waals surface area contributed by atoms with Gasteiger partial charge in [-0.05, 0) is 36.2 Å². The summed E-state index contributed by atoms with van der Waals surface area (Å²) in [5.74, 6) is -0.764. The van der Waals surface area contributed by atoms with Crippen LogP contribution in [0.25, 0.3) is 0 Å². The number of carboxylic acids is 1. The van der Waals surface area contributed by atoms with Gasteiger partial charge < -0.3 is 14.6 Å².